The molecule has 0 atom stereocenters. The molecule has 0 spiro atoms. The van der Waals surface area contributed by atoms with Gasteiger partial charge >= 0.3 is 0 Å². The molecule has 1 heterocycles. The minimum atomic E-state index is -0.125. The van der Waals surface area contributed by atoms with Crippen LogP contribution in [-0.4, -0.2) is 35.4 Å². The van der Waals surface area contributed by atoms with Gasteiger partial charge < -0.3 is 15.8 Å². The lowest BCUT2D eigenvalue weighted by Crippen LogP contribution is -2.35. The Morgan fingerprint density at radius 1 is 1.67 bits per heavy atom. The van der Waals surface area contributed by atoms with Crippen molar-refractivity contribution in [3.8, 4) is 0 Å². The summed E-state index contributed by atoms with van der Waals surface area (Å²) in [6, 6.07) is 3.65. The standard InChI is InChI=1S/C9H13N3O2S/c1-6-3-4-7(15-6)9(13)12(2)5-8(10)11-14/h3-4,14H,5H2,1-2H3,(H2,10,11). The lowest BCUT2D eigenvalue weighted by atomic mass is 10.4. The van der Waals surface area contributed by atoms with Crippen molar-refractivity contribution < 1.29 is 10.0 Å². The number of nitrogens with two attached hydrogens (primary N) is 1. The summed E-state index contributed by atoms with van der Waals surface area (Å²) in [5.74, 6) is -0.112. The van der Waals surface area contributed by atoms with E-state index in [4.69, 9.17) is 10.9 Å². The van der Waals surface area contributed by atoms with Gasteiger partial charge in [-0.15, -0.1) is 11.3 Å². The van der Waals surface area contributed by atoms with E-state index in [1.54, 1.807) is 13.1 Å². The van der Waals surface area contributed by atoms with Gasteiger partial charge in [0.2, 0.25) is 0 Å². The third-order valence-electron chi connectivity index (χ3n) is 1.83. The summed E-state index contributed by atoms with van der Waals surface area (Å²) in [4.78, 5) is 14.9. The first kappa shape index (κ1) is 11.5. The number of carbonyl (C=O) groups is 1. The van der Waals surface area contributed by atoms with Crippen LogP contribution >= 0.6 is 11.3 Å². The van der Waals surface area contributed by atoms with Crippen LogP contribution in [0.5, 0.6) is 0 Å². The summed E-state index contributed by atoms with van der Waals surface area (Å²) >= 11 is 1.42. The normalized spacial score (nSPS) is 11.5. The molecule has 1 rings (SSSR count). The molecule has 0 fully saturated rings. The monoisotopic (exact) mass is 227 g/mol. The quantitative estimate of drug-likeness (QED) is 0.348. The number of amidine groups is 1. The SMILES string of the molecule is Cc1ccc(C(=O)N(C)CC(N)=NO)s1. The Morgan fingerprint density at radius 3 is 2.80 bits per heavy atom. The van der Waals surface area contributed by atoms with Crippen LogP contribution in [0.15, 0.2) is 17.3 Å². The van der Waals surface area contributed by atoms with Gasteiger partial charge in [0.15, 0.2) is 5.84 Å². The number of rotatable bonds is 3. The van der Waals surface area contributed by atoms with Crippen LogP contribution in [0.1, 0.15) is 14.5 Å². The van der Waals surface area contributed by atoms with E-state index in [-0.39, 0.29) is 18.3 Å². The number of hydrogen-bond acceptors (Lipinski definition) is 4. The van der Waals surface area contributed by atoms with Gasteiger partial charge in [-0.25, -0.2) is 0 Å². The molecule has 6 heteroatoms. The summed E-state index contributed by atoms with van der Waals surface area (Å²) < 4.78 is 0. The van der Waals surface area contributed by atoms with Gasteiger partial charge in [0.1, 0.15) is 0 Å². The molecule has 0 aliphatic heterocycles. The highest BCUT2D eigenvalue weighted by atomic mass is 32.1. The first-order valence-corrected chi connectivity index (χ1v) is 5.14. The van der Waals surface area contributed by atoms with Gasteiger partial charge in [-0.1, -0.05) is 5.16 Å². The van der Waals surface area contributed by atoms with E-state index in [2.05, 4.69) is 5.16 Å². The van der Waals surface area contributed by atoms with Crippen molar-refractivity contribution >= 4 is 23.1 Å². The van der Waals surface area contributed by atoms with E-state index in [0.717, 1.165) is 4.88 Å². The lowest BCUT2D eigenvalue weighted by molar-refractivity contribution is 0.0818. The molecular weight excluding hydrogens is 214 g/mol. The number of amides is 1. The van der Waals surface area contributed by atoms with Gasteiger partial charge in [-0.2, -0.15) is 0 Å². The number of likely N-dealkylation sites (N-methyl/N-ethyl adjacent to an activating group) is 1. The molecule has 0 saturated carbocycles. The van der Waals surface area contributed by atoms with E-state index >= 15 is 0 Å². The molecular formula is C9H13N3O2S. The maximum Gasteiger partial charge on any atom is 0.264 e. The molecule has 1 aromatic heterocycles. The number of oxime groups is 1. The molecule has 82 valence electrons. The van der Waals surface area contributed by atoms with Crippen molar-refractivity contribution in [2.24, 2.45) is 10.9 Å². The predicted octanol–water partition coefficient (Wildman–Crippen LogP) is 0.875. The highest BCUT2D eigenvalue weighted by Crippen LogP contribution is 2.16. The zero-order valence-electron chi connectivity index (χ0n) is 8.60. The Hall–Kier alpha value is -1.56. The molecule has 0 bridgehead atoms. The van der Waals surface area contributed by atoms with Crippen LogP contribution in [0, 0.1) is 6.92 Å². The Bertz CT molecular complexity index is 386. The number of hydrogen-bond donors (Lipinski definition) is 2. The Morgan fingerprint density at radius 2 is 2.33 bits per heavy atom. The van der Waals surface area contributed by atoms with Crippen LogP contribution in [0.4, 0.5) is 0 Å². The third kappa shape index (κ3) is 2.95. The zero-order chi connectivity index (χ0) is 11.4. The average molecular weight is 227 g/mol. The van der Waals surface area contributed by atoms with Gasteiger partial charge in [-0.05, 0) is 19.1 Å². The van der Waals surface area contributed by atoms with Crippen molar-refractivity contribution in [1.29, 1.82) is 0 Å². The Kier molecular flexibility index (Phi) is 3.68. The van der Waals surface area contributed by atoms with E-state index in [1.165, 1.54) is 16.2 Å². The number of nitrogens with zero attached hydrogens (tertiary/aromatic N) is 2. The molecule has 1 aromatic rings. The predicted molar refractivity (Wildman–Crippen MR) is 59.4 cm³/mol. The van der Waals surface area contributed by atoms with E-state index in [0.29, 0.717) is 4.88 Å². The van der Waals surface area contributed by atoms with E-state index in [1.807, 2.05) is 13.0 Å². The maximum atomic E-state index is 11.8. The summed E-state index contributed by atoms with van der Waals surface area (Å²) in [5, 5.41) is 11.2. The molecule has 0 unspecified atom stereocenters. The van der Waals surface area contributed by atoms with Gasteiger partial charge in [0.25, 0.3) is 5.91 Å². The molecule has 0 radical (unpaired) electrons. The minimum Gasteiger partial charge on any atom is -0.409 e. The highest BCUT2D eigenvalue weighted by molar-refractivity contribution is 7.13. The number of aryl methyl sites for hydroxylation is 1. The summed E-state index contributed by atoms with van der Waals surface area (Å²) in [6.45, 7) is 2.05. The van der Waals surface area contributed by atoms with Crippen LogP contribution in [-0.2, 0) is 0 Å². The lowest BCUT2D eigenvalue weighted by Gasteiger charge is -2.14. The van der Waals surface area contributed by atoms with Crippen LogP contribution in [0.25, 0.3) is 0 Å². The van der Waals surface area contributed by atoms with Crippen molar-refractivity contribution in [2.45, 2.75) is 6.92 Å². The van der Waals surface area contributed by atoms with Crippen LogP contribution < -0.4 is 5.73 Å². The number of carbonyl (C=O) groups excluding carboxylic acids is 1. The molecule has 0 aromatic carbocycles. The molecule has 5 nitrogen and oxygen atoms in total. The second-order valence-electron chi connectivity index (χ2n) is 3.16. The fourth-order valence-corrected chi connectivity index (χ4v) is 1.95. The highest BCUT2D eigenvalue weighted by Gasteiger charge is 2.14. The fraction of sp³-hybridized carbons (Fsp3) is 0.333. The maximum absolute atomic E-state index is 11.8. The summed E-state index contributed by atoms with van der Waals surface area (Å²) in [7, 11) is 1.61. The summed E-state index contributed by atoms with van der Waals surface area (Å²) in [5.41, 5.74) is 5.30. The van der Waals surface area contributed by atoms with Crippen LogP contribution in [0.2, 0.25) is 0 Å². The molecule has 0 aliphatic carbocycles. The molecule has 1 amide bonds. The Balaban J connectivity index is 2.69. The van der Waals surface area contributed by atoms with Gasteiger partial charge in [0.05, 0.1) is 11.4 Å². The fourth-order valence-electron chi connectivity index (χ4n) is 1.08. The number of thiophene rings is 1. The van der Waals surface area contributed by atoms with Crippen molar-refractivity contribution in [2.75, 3.05) is 13.6 Å². The van der Waals surface area contributed by atoms with Gasteiger partial charge in [0, 0.05) is 11.9 Å². The van der Waals surface area contributed by atoms with Gasteiger partial charge in [-0.3, -0.25) is 4.79 Å². The first-order valence-electron chi connectivity index (χ1n) is 4.33. The average Bonchev–Trinajstić information content (AvgIpc) is 2.63. The topological polar surface area (TPSA) is 78.9 Å². The first-order chi connectivity index (χ1) is 7.04. The smallest absolute Gasteiger partial charge is 0.264 e. The van der Waals surface area contributed by atoms with Crippen molar-refractivity contribution in [3.63, 3.8) is 0 Å². The molecule has 0 saturated heterocycles. The van der Waals surface area contributed by atoms with Crippen molar-refractivity contribution in [3.05, 3.63) is 21.9 Å². The van der Waals surface area contributed by atoms with Crippen LogP contribution in [0.3, 0.4) is 0 Å². The Labute approximate surface area is 91.8 Å². The zero-order valence-corrected chi connectivity index (χ0v) is 9.41. The molecule has 0 aliphatic rings. The summed E-state index contributed by atoms with van der Waals surface area (Å²) in [6.07, 6.45) is 0. The van der Waals surface area contributed by atoms with E-state index < -0.39 is 0 Å². The second kappa shape index (κ2) is 4.79. The molecule has 3 N–H and O–H groups in total. The largest absolute Gasteiger partial charge is 0.409 e. The second-order valence-corrected chi connectivity index (χ2v) is 4.45. The van der Waals surface area contributed by atoms with Crippen molar-refractivity contribution in [1.82, 2.24) is 4.90 Å². The van der Waals surface area contributed by atoms with E-state index in [9.17, 15) is 4.79 Å². The minimum absolute atomic E-state index is 0.0131. The molecule has 15 heavy (non-hydrogen) atoms. The third-order valence-corrected chi connectivity index (χ3v) is 2.81.